The van der Waals surface area contributed by atoms with Gasteiger partial charge in [0.05, 0.1) is 5.41 Å². The minimum atomic E-state index is -0.913. The van der Waals surface area contributed by atoms with E-state index >= 15 is 0 Å². The molecule has 6 heteroatoms. The molecule has 1 unspecified atom stereocenters. The van der Waals surface area contributed by atoms with Crippen molar-refractivity contribution in [3.63, 3.8) is 0 Å². The van der Waals surface area contributed by atoms with E-state index in [4.69, 9.17) is 9.47 Å². The molecule has 6 nitrogen and oxygen atoms in total. The molecule has 0 amide bonds. The predicted octanol–water partition coefficient (Wildman–Crippen LogP) is 0.948. The van der Waals surface area contributed by atoms with Gasteiger partial charge in [-0.05, 0) is 20.8 Å². The fourth-order valence-corrected chi connectivity index (χ4v) is 1.31. The van der Waals surface area contributed by atoms with Gasteiger partial charge in [-0.2, -0.15) is 0 Å². The lowest BCUT2D eigenvalue weighted by Crippen LogP contribution is -2.23. The molecule has 1 saturated heterocycles. The zero-order valence-electron chi connectivity index (χ0n) is 10.6. The van der Waals surface area contributed by atoms with E-state index in [1.54, 1.807) is 13.8 Å². The molecule has 0 aromatic rings. The monoisotopic (exact) mass is 256 g/mol. The van der Waals surface area contributed by atoms with Crippen LogP contribution in [0, 0.1) is 5.41 Å². The van der Waals surface area contributed by atoms with Crippen LogP contribution in [0.15, 0.2) is 12.2 Å². The average molecular weight is 256 g/mol. The summed E-state index contributed by atoms with van der Waals surface area (Å²) in [6.07, 6.45) is -0.630. The first-order valence-corrected chi connectivity index (χ1v) is 5.45. The molecule has 0 spiro atoms. The van der Waals surface area contributed by atoms with Crippen LogP contribution in [0.2, 0.25) is 0 Å². The van der Waals surface area contributed by atoms with Gasteiger partial charge in [-0.25, -0.2) is 9.59 Å². The number of esters is 3. The number of ether oxygens (including phenoxy) is 3. The zero-order valence-corrected chi connectivity index (χ0v) is 10.6. The van der Waals surface area contributed by atoms with Crippen LogP contribution in [-0.2, 0) is 28.6 Å². The number of hydrogen-bond acceptors (Lipinski definition) is 6. The normalized spacial score (nSPS) is 21.1. The van der Waals surface area contributed by atoms with E-state index in [9.17, 15) is 14.4 Å². The van der Waals surface area contributed by atoms with Gasteiger partial charge in [0.2, 0.25) is 6.29 Å². The van der Waals surface area contributed by atoms with Crippen molar-refractivity contribution in [3.05, 3.63) is 12.2 Å². The van der Waals surface area contributed by atoms with Crippen LogP contribution in [0.4, 0.5) is 0 Å². The van der Waals surface area contributed by atoms with E-state index < -0.39 is 36.2 Å². The maximum Gasteiger partial charge on any atom is 0.347 e. The van der Waals surface area contributed by atoms with Gasteiger partial charge in [-0.1, -0.05) is 6.58 Å². The molecular weight excluding hydrogens is 240 g/mol. The molecule has 0 aromatic carbocycles. The molecule has 0 aromatic heterocycles. The Morgan fingerprint density at radius 2 is 2.11 bits per heavy atom. The third-order valence-corrected chi connectivity index (χ3v) is 2.40. The first-order chi connectivity index (χ1) is 8.22. The van der Waals surface area contributed by atoms with Crippen LogP contribution in [0.25, 0.3) is 0 Å². The van der Waals surface area contributed by atoms with Crippen molar-refractivity contribution in [2.75, 3.05) is 6.61 Å². The van der Waals surface area contributed by atoms with Crippen LogP contribution in [0.5, 0.6) is 0 Å². The largest absolute Gasteiger partial charge is 0.450 e. The Balaban J connectivity index is 2.36. The number of carbonyl (C=O) groups excluding carboxylic acids is 3. The minimum Gasteiger partial charge on any atom is -0.450 e. The molecule has 0 radical (unpaired) electrons. The lowest BCUT2D eigenvalue weighted by molar-refractivity contribution is -0.182. The summed E-state index contributed by atoms with van der Waals surface area (Å²) < 4.78 is 14.3. The van der Waals surface area contributed by atoms with Crippen LogP contribution < -0.4 is 0 Å². The van der Waals surface area contributed by atoms with Crippen molar-refractivity contribution in [2.24, 2.45) is 5.41 Å². The van der Waals surface area contributed by atoms with E-state index in [1.807, 2.05) is 0 Å². The Kier molecular flexibility index (Phi) is 4.11. The number of hydrogen-bond donors (Lipinski definition) is 0. The molecule has 0 saturated carbocycles. The van der Waals surface area contributed by atoms with Gasteiger partial charge in [0.1, 0.15) is 0 Å². The Hall–Kier alpha value is -1.85. The summed E-state index contributed by atoms with van der Waals surface area (Å²) in [6, 6.07) is 0. The minimum absolute atomic E-state index is 0.191. The highest BCUT2D eigenvalue weighted by atomic mass is 16.7. The molecule has 1 heterocycles. The molecule has 0 N–H and O–H groups in total. The number of carbonyl (C=O) groups is 3. The molecule has 0 aliphatic carbocycles. The van der Waals surface area contributed by atoms with Crippen molar-refractivity contribution in [3.8, 4) is 0 Å². The van der Waals surface area contributed by atoms with Gasteiger partial charge in [-0.15, -0.1) is 0 Å². The molecule has 1 atom stereocenters. The third kappa shape index (κ3) is 3.58. The van der Waals surface area contributed by atoms with Crippen molar-refractivity contribution in [1.82, 2.24) is 0 Å². The standard InChI is InChI=1S/C12H16O6/c1-7(2)10(14)16-6-8(13)17-9-5-12(3,4)11(15)18-9/h9H,1,5-6H2,2-4H3. The second-order valence-corrected chi connectivity index (χ2v) is 4.77. The summed E-state index contributed by atoms with van der Waals surface area (Å²) in [6.45, 7) is 7.71. The lowest BCUT2D eigenvalue weighted by atomic mass is 9.92. The summed E-state index contributed by atoms with van der Waals surface area (Å²) in [5.41, 5.74) is -0.476. The summed E-state index contributed by atoms with van der Waals surface area (Å²) in [5.74, 6) is -1.85. The molecule has 1 rings (SSSR count). The fourth-order valence-electron chi connectivity index (χ4n) is 1.31. The predicted molar refractivity (Wildman–Crippen MR) is 60.1 cm³/mol. The maximum atomic E-state index is 11.3. The van der Waals surface area contributed by atoms with E-state index in [-0.39, 0.29) is 12.0 Å². The van der Waals surface area contributed by atoms with Crippen molar-refractivity contribution in [2.45, 2.75) is 33.5 Å². The summed E-state index contributed by atoms with van der Waals surface area (Å²) >= 11 is 0. The van der Waals surface area contributed by atoms with Gasteiger partial charge < -0.3 is 14.2 Å². The lowest BCUT2D eigenvalue weighted by Gasteiger charge is -2.11. The van der Waals surface area contributed by atoms with Crippen LogP contribution in [-0.4, -0.2) is 30.8 Å². The second-order valence-electron chi connectivity index (χ2n) is 4.77. The number of rotatable bonds is 4. The van der Waals surface area contributed by atoms with Crippen LogP contribution in [0.1, 0.15) is 27.2 Å². The van der Waals surface area contributed by atoms with Crippen molar-refractivity contribution >= 4 is 17.9 Å². The summed E-state index contributed by atoms with van der Waals surface area (Å²) in [4.78, 5) is 33.7. The van der Waals surface area contributed by atoms with Crippen molar-refractivity contribution < 1.29 is 28.6 Å². The highest BCUT2D eigenvalue weighted by Gasteiger charge is 2.43. The molecule has 1 aliphatic rings. The van der Waals surface area contributed by atoms with Gasteiger partial charge in [0.25, 0.3) is 0 Å². The van der Waals surface area contributed by atoms with E-state index in [1.165, 1.54) is 6.92 Å². The average Bonchev–Trinajstić information content (AvgIpc) is 2.48. The fraction of sp³-hybridized carbons (Fsp3) is 0.583. The van der Waals surface area contributed by atoms with E-state index in [2.05, 4.69) is 11.3 Å². The Morgan fingerprint density at radius 1 is 1.50 bits per heavy atom. The third-order valence-electron chi connectivity index (χ3n) is 2.40. The van der Waals surface area contributed by atoms with Gasteiger partial charge in [-0.3, -0.25) is 4.79 Å². The van der Waals surface area contributed by atoms with Crippen molar-refractivity contribution in [1.29, 1.82) is 0 Å². The van der Waals surface area contributed by atoms with Gasteiger partial charge in [0.15, 0.2) is 6.61 Å². The SMILES string of the molecule is C=C(C)C(=O)OCC(=O)OC1CC(C)(C)C(=O)O1. The molecule has 1 fully saturated rings. The van der Waals surface area contributed by atoms with E-state index in [0.717, 1.165) is 0 Å². The Bertz CT molecular complexity index is 395. The van der Waals surface area contributed by atoms with E-state index in [0.29, 0.717) is 0 Å². The van der Waals surface area contributed by atoms with Gasteiger partial charge >= 0.3 is 17.9 Å². The first-order valence-electron chi connectivity index (χ1n) is 5.45. The molecule has 100 valence electrons. The first kappa shape index (κ1) is 14.2. The topological polar surface area (TPSA) is 78.9 Å². The highest BCUT2D eigenvalue weighted by Crippen LogP contribution is 2.33. The van der Waals surface area contributed by atoms with Crippen LogP contribution in [0.3, 0.4) is 0 Å². The zero-order chi connectivity index (χ0) is 13.9. The van der Waals surface area contributed by atoms with Gasteiger partial charge in [0, 0.05) is 12.0 Å². The molecular formula is C12H16O6. The Labute approximate surface area is 105 Å². The molecule has 18 heavy (non-hydrogen) atoms. The quantitative estimate of drug-likeness (QED) is 0.550. The summed E-state index contributed by atoms with van der Waals surface area (Å²) in [5, 5.41) is 0. The number of cyclic esters (lactones) is 1. The van der Waals surface area contributed by atoms with Crippen LogP contribution >= 0.6 is 0 Å². The Morgan fingerprint density at radius 3 is 2.56 bits per heavy atom. The summed E-state index contributed by atoms with van der Waals surface area (Å²) in [7, 11) is 0. The molecule has 0 bridgehead atoms. The highest BCUT2D eigenvalue weighted by molar-refractivity contribution is 5.88. The molecule has 1 aliphatic heterocycles. The maximum absolute atomic E-state index is 11.3. The smallest absolute Gasteiger partial charge is 0.347 e. The second kappa shape index (κ2) is 5.20.